The highest BCUT2D eigenvalue weighted by atomic mass is 16.2. The molecule has 0 spiro atoms. The van der Waals surface area contributed by atoms with Gasteiger partial charge in [0.2, 0.25) is 11.8 Å². The fraction of sp³-hybridized carbons (Fsp3) is 0.529. The van der Waals surface area contributed by atoms with Crippen molar-refractivity contribution in [3.8, 4) is 0 Å². The molecule has 0 aliphatic carbocycles. The maximum absolute atomic E-state index is 11.9. The first-order valence-corrected chi connectivity index (χ1v) is 7.43. The number of carbonyl (C=O) groups excluding carboxylic acids is 2. The summed E-state index contributed by atoms with van der Waals surface area (Å²) in [5.41, 5.74) is 3.09. The Morgan fingerprint density at radius 2 is 1.90 bits per heavy atom. The number of aryl methyl sites for hydroxylation is 2. The maximum Gasteiger partial charge on any atom is 0.223 e. The number of carbonyl (C=O) groups is 2. The van der Waals surface area contributed by atoms with E-state index in [2.05, 4.69) is 5.32 Å². The minimum absolute atomic E-state index is 0.0122. The smallest absolute Gasteiger partial charge is 0.223 e. The summed E-state index contributed by atoms with van der Waals surface area (Å²) in [6.07, 6.45) is 0.517. The molecule has 0 saturated heterocycles. The lowest BCUT2D eigenvalue weighted by Gasteiger charge is -2.24. The molecule has 0 aliphatic rings. The third-order valence-corrected chi connectivity index (χ3v) is 3.29. The molecule has 0 heterocycles. The van der Waals surface area contributed by atoms with Crippen LogP contribution < -0.4 is 10.2 Å². The Hall–Kier alpha value is -1.84. The average Bonchev–Trinajstić information content (AvgIpc) is 2.36. The minimum atomic E-state index is -0.0122. The molecule has 2 amide bonds. The van der Waals surface area contributed by atoms with Gasteiger partial charge in [0.25, 0.3) is 0 Å². The largest absolute Gasteiger partial charge is 0.354 e. The van der Waals surface area contributed by atoms with Gasteiger partial charge in [-0.1, -0.05) is 26.0 Å². The summed E-state index contributed by atoms with van der Waals surface area (Å²) in [6, 6.07) is 6.05. The molecule has 1 aromatic carbocycles. The van der Waals surface area contributed by atoms with Crippen molar-refractivity contribution in [2.24, 2.45) is 5.92 Å². The topological polar surface area (TPSA) is 49.4 Å². The van der Waals surface area contributed by atoms with E-state index in [4.69, 9.17) is 0 Å². The van der Waals surface area contributed by atoms with Crippen LogP contribution in [0.4, 0.5) is 5.69 Å². The zero-order valence-electron chi connectivity index (χ0n) is 13.7. The normalized spacial score (nSPS) is 10.6. The maximum atomic E-state index is 11.9. The van der Waals surface area contributed by atoms with Gasteiger partial charge in [-0.25, -0.2) is 0 Å². The molecule has 0 aromatic heterocycles. The molecule has 0 fully saturated rings. The lowest BCUT2D eigenvalue weighted by molar-refractivity contribution is -0.122. The molecule has 21 heavy (non-hydrogen) atoms. The van der Waals surface area contributed by atoms with Crippen LogP contribution in [0.5, 0.6) is 0 Å². The molecular formula is C17H26N2O2. The van der Waals surface area contributed by atoms with Crippen molar-refractivity contribution in [2.75, 3.05) is 18.0 Å². The fourth-order valence-electron chi connectivity index (χ4n) is 2.21. The van der Waals surface area contributed by atoms with Gasteiger partial charge in [-0.15, -0.1) is 0 Å². The molecule has 1 N–H and O–H groups in total. The lowest BCUT2D eigenvalue weighted by Crippen LogP contribution is -2.38. The molecule has 116 valence electrons. The SMILES string of the molecule is CC(=O)N(CCNC(=O)CC(C)C)c1cc(C)ccc1C. The van der Waals surface area contributed by atoms with Gasteiger partial charge in [-0.2, -0.15) is 0 Å². The fourth-order valence-corrected chi connectivity index (χ4v) is 2.21. The van der Waals surface area contributed by atoms with E-state index in [0.717, 1.165) is 16.8 Å². The summed E-state index contributed by atoms with van der Waals surface area (Å²) in [5, 5.41) is 2.87. The predicted octanol–water partition coefficient (Wildman–Crippen LogP) is 2.82. The van der Waals surface area contributed by atoms with Crippen LogP contribution >= 0.6 is 0 Å². The molecular weight excluding hydrogens is 264 g/mol. The van der Waals surface area contributed by atoms with Crippen molar-refractivity contribution in [3.63, 3.8) is 0 Å². The van der Waals surface area contributed by atoms with Crippen LogP contribution in [-0.4, -0.2) is 24.9 Å². The molecule has 1 aromatic rings. The number of hydrogen-bond acceptors (Lipinski definition) is 2. The molecule has 4 heteroatoms. The quantitative estimate of drug-likeness (QED) is 0.876. The average molecular weight is 290 g/mol. The van der Waals surface area contributed by atoms with E-state index >= 15 is 0 Å². The van der Waals surface area contributed by atoms with Gasteiger partial charge >= 0.3 is 0 Å². The predicted molar refractivity (Wildman–Crippen MR) is 86.4 cm³/mol. The van der Waals surface area contributed by atoms with Crippen molar-refractivity contribution in [1.82, 2.24) is 5.32 Å². The van der Waals surface area contributed by atoms with Gasteiger partial charge in [0.15, 0.2) is 0 Å². The van der Waals surface area contributed by atoms with Crippen LogP contribution in [0.2, 0.25) is 0 Å². The highest BCUT2D eigenvalue weighted by molar-refractivity contribution is 5.92. The van der Waals surface area contributed by atoms with E-state index in [1.165, 1.54) is 0 Å². The number of anilines is 1. The van der Waals surface area contributed by atoms with E-state index < -0.39 is 0 Å². The Morgan fingerprint density at radius 1 is 1.24 bits per heavy atom. The summed E-state index contributed by atoms with van der Waals surface area (Å²) in [4.78, 5) is 25.2. The molecule has 1 rings (SSSR count). The van der Waals surface area contributed by atoms with Gasteiger partial charge in [-0.3, -0.25) is 9.59 Å². The minimum Gasteiger partial charge on any atom is -0.354 e. The lowest BCUT2D eigenvalue weighted by atomic mass is 10.1. The zero-order valence-corrected chi connectivity index (χ0v) is 13.7. The van der Waals surface area contributed by atoms with Crippen LogP contribution in [0.25, 0.3) is 0 Å². The molecule has 0 aliphatic heterocycles. The van der Waals surface area contributed by atoms with Crippen LogP contribution in [0.1, 0.15) is 38.3 Å². The molecule has 0 bridgehead atoms. The van der Waals surface area contributed by atoms with E-state index in [1.54, 1.807) is 11.8 Å². The monoisotopic (exact) mass is 290 g/mol. The van der Waals surface area contributed by atoms with Gasteiger partial charge < -0.3 is 10.2 Å². The summed E-state index contributed by atoms with van der Waals surface area (Å²) in [6.45, 7) is 10.5. The summed E-state index contributed by atoms with van der Waals surface area (Å²) in [7, 11) is 0. The highest BCUT2D eigenvalue weighted by Crippen LogP contribution is 2.21. The van der Waals surface area contributed by atoms with Crippen LogP contribution in [0, 0.1) is 19.8 Å². The van der Waals surface area contributed by atoms with Gasteiger partial charge in [0.1, 0.15) is 0 Å². The van der Waals surface area contributed by atoms with Gasteiger partial charge in [-0.05, 0) is 37.0 Å². The molecule has 4 nitrogen and oxygen atoms in total. The van der Waals surface area contributed by atoms with E-state index in [-0.39, 0.29) is 11.8 Å². The number of hydrogen-bond donors (Lipinski definition) is 1. The van der Waals surface area contributed by atoms with Crippen molar-refractivity contribution in [1.29, 1.82) is 0 Å². The number of nitrogens with zero attached hydrogens (tertiary/aromatic N) is 1. The zero-order chi connectivity index (χ0) is 16.0. The third-order valence-electron chi connectivity index (χ3n) is 3.29. The first-order valence-electron chi connectivity index (χ1n) is 7.43. The van der Waals surface area contributed by atoms with E-state index in [0.29, 0.717) is 25.4 Å². The number of amides is 2. The van der Waals surface area contributed by atoms with Crippen LogP contribution in [0.15, 0.2) is 18.2 Å². The number of rotatable bonds is 6. The van der Waals surface area contributed by atoms with Gasteiger partial charge in [0, 0.05) is 32.1 Å². The molecule has 0 unspecified atom stereocenters. The van der Waals surface area contributed by atoms with Crippen molar-refractivity contribution < 1.29 is 9.59 Å². The molecule has 0 radical (unpaired) electrons. The second kappa shape index (κ2) is 7.81. The summed E-state index contributed by atoms with van der Waals surface area (Å²) >= 11 is 0. The second-order valence-corrected chi connectivity index (χ2v) is 5.91. The first-order chi connectivity index (χ1) is 9.81. The highest BCUT2D eigenvalue weighted by Gasteiger charge is 2.14. The van der Waals surface area contributed by atoms with Crippen LogP contribution in [-0.2, 0) is 9.59 Å². The Bertz CT molecular complexity index is 510. The third kappa shape index (κ3) is 5.58. The van der Waals surface area contributed by atoms with Crippen LogP contribution in [0.3, 0.4) is 0 Å². The number of benzene rings is 1. The standard InChI is InChI=1S/C17H26N2O2/c1-12(2)10-17(21)18-8-9-19(15(5)20)16-11-13(3)6-7-14(16)4/h6-7,11-12H,8-10H2,1-5H3,(H,18,21). The van der Waals surface area contributed by atoms with E-state index in [1.807, 2.05) is 45.9 Å². The van der Waals surface area contributed by atoms with Gasteiger partial charge in [0.05, 0.1) is 0 Å². The number of nitrogens with one attached hydrogen (secondary N) is 1. The summed E-state index contributed by atoms with van der Waals surface area (Å²) in [5.74, 6) is 0.365. The Morgan fingerprint density at radius 3 is 2.48 bits per heavy atom. The molecule has 0 saturated carbocycles. The Kier molecular flexibility index (Phi) is 6.40. The first kappa shape index (κ1) is 17.2. The van der Waals surface area contributed by atoms with Crippen molar-refractivity contribution >= 4 is 17.5 Å². The Balaban J connectivity index is 2.69. The summed E-state index contributed by atoms with van der Waals surface area (Å²) < 4.78 is 0. The Labute approximate surface area is 127 Å². The van der Waals surface area contributed by atoms with Crippen molar-refractivity contribution in [2.45, 2.75) is 41.0 Å². The second-order valence-electron chi connectivity index (χ2n) is 5.91. The van der Waals surface area contributed by atoms with E-state index in [9.17, 15) is 9.59 Å². The van der Waals surface area contributed by atoms with Crippen molar-refractivity contribution in [3.05, 3.63) is 29.3 Å². The molecule has 0 atom stereocenters.